The van der Waals surface area contributed by atoms with Crippen molar-refractivity contribution < 1.29 is 19.2 Å². The molecule has 3 rings (SSSR count). The summed E-state index contributed by atoms with van der Waals surface area (Å²) in [7, 11) is 0. The first-order valence-electron chi connectivity index (χ1n) is 12.1. The molecule has 2 aliphatic heterocycles. The van der Waals surface area contributed by atoms with Crippen LogP contribution in [-0.4, -0.2) is 46.5 Å². The van der Waals surface area contributed by atoms with Crippen LogP contribution >= 0.6 is 0 Å². The number of carbonyl (C=O) groups is 3. The van der Waals surface area contributed by atoms with E-state index in [1.165, 1.54) is 0 Å². The van der Waals surface area contributed by atoms with Gasteiger partial charge in [-0.25, -0.2) is 0 Å². The van der Waals surface area contributed by atoms with E-state index in [1.807, 2.05) is 24.3 Å². The molecular weight excluding hydrogens is 420 g/mol. The number of likely N-dealkylation sites (tertiary alicyclic amines) is 1. The molecule has 1 fully saturated rings. The Labute approximate surface area is 195 Å². The van der Waals surface area contributed by atoms with Crippen molar-refractivity contribution in [2.24, 2.45) is 10.9 Å². The van der Waals surface area contributed by atoms with Crippen molar-refractivity contribution in [1.29, 1.82) is 0 Å². The summed E-state index contributed by atoms with van der Waals surface area (Å²) in [6, 6.07) is 6.84. The number of nitrogens with two attached hydrogens (primary N) is 1. The van der Waals surface area contributed by atoms with Gasteiger partial charge in [-0.1, -0.05) is 56.8 Å². The Bertz CT molecular complexity index is 900. The molecule has 180 valence electrons. The van der Waals surface area contributed by atoms with E-state index >= 15 is 0 Å². The molecule has 8 heteroatoms. The van der Waals surface area contributed by atoms with Crippen LogP contribution in [0.25, 0.3) is 0 Å². The van der Waals surface area contributed by atoms with Gasteiger partial charge in [-0.3, -0.25) is 14.4 Å². The minimum Gasteiger partial charge on any atom is -0.387 e. The van der Waals surface area contributed by atoms with Gasteiger partial charge in [-0.15, -0.1) is 0 Å². The maximum absolute atomic E-state index is 12.8. The number of anilines is 1. The van der Waals surface area contributed by atoms with E-state index < -0.39 is 17.6 Å². The summed E-state index contributed by atoms with van der Waals surface area (Å²) in [6.07, 6.45) is 7.49. The second-order valence-electron chi connectivity index (χ2n) is 9.18. The average molecular weight is 457 g/mol. The molecule has 1 unspecified atom stereocenters. The molecule has 33 heavy (non-hydrogen) atoms. The van der Waals surface area contributed by atoms with Crippen LogP contribution in [0.15, 0.2) is 29.4 Å². The highest BCUT2D eigenvalue weighted by Gasteiger charge is 2.53. The second kappa shape index (κ2) is 11.3. The number of amides is 3. The first-order valence-corrected chi connectivity index (χ1v) is 12.1. The van der Waals surface area contributed by atoms with Gasteiger partial charge in [0.05, 0.1) is 12.3 Å². The van der Waals surface area contributed by atoms with Crippen LogP contribution in [0.3, 0.4) is 0 Å². The lowest BCUT2D eigenvalue weighted by Crippen LogP contribution is -2.43. The summed E-state index contributed by atoms with van der Waals surface area (Å²) < 4.78 is 0. The third-order valence-corrected chi connectivity index (χ3v) is 6.37. The number of hydrogen-bond donors (Lipinski definition) is 2. The smallest absolute Gasteiger partial charge is 0.240 e. The fourth-order valence-corrected chi connectivity index (χ4v) is 4.54. The number of oxime groups is 1. The van der Waals surface area contributed by atoms with E-state index in [0.717, 1.165) is 49.8 Å². The van der Waals surface area contributed by atoms with Crippen molar-refractivity contribution in [3.63, 3.8) is 0 Å². The largest absolute Gasteiger partial charge is 0.387 e. The molecule has 8 nitrogen and oxygen atoms in total. The number of hydrogen-bond acceptors (Lipinski definition) is 5. The molecule has 0 aliphatic carbocycles. The standard InChI is InChI=1S/C25H36N4O4/c1-3-5-7-12-22(30)27-19-11-9-10-18(14-19)20-15-25(33-28-20)16-21(24(26)32)29(17-25)23(31)13-8-6-4-2/h9-11,14,21H,3-8,12-13,15-17H2,1-2H3,(H2,26,32)(H,27,30)/t21-,25?/m1/s1. The van der Waals surface area contributed by atoms with Gasteiger partial charge in [0.2, 0.25) is 17.7 Å². The molecule has 0 aromatic heterocycles. The van der Waals surface area contributed by atoms with E-state index in [9.17, 15) is 14.4 Å². The van der Waals surface area contributed by atoms with Crippen LogP contribution < -0.4 is 11.1 Å². The van der Waals surface area contributed by atoms with Crippen LogP contribution in [0.4, 0.5) is 5.69 Å². The predicted molar refractivity (Wildman–Crippen MR) is 128 cm³/mol. The highest BCUT2D eigenvalue weighted by molar-refractivity contribution is 6.03. The number of carbonyl (C=O) groups excluding carboxylic acids is 3. The molecule has 0 bridgehead atoms. The maximum Gasteiger partial charge on any atom is 0.240 e. The van der Waals surface area contributed by atoms with Gasteiger partial charge in [-0.05, 0) is 25.0 Å². The van der Waals surface area contributed by atoms with Crippen molar-refractivity contribution in [3.05, 3.63) is 29.8 Å². The van der Waals surface area contributed by atoms with Crippen LogP contribution in [0, 0.1) is 0 Å². The first-order chi connectivity index (χ1) is 15.9. The number of unbranched alkanes of at least 4 members (excludes halogenated alkanes) is 4. The number of benzene rings is 1. The van der Waals surface area contributed by atoms with Gasteiger partial charge in [0.1, 0.15) is 6.04 Å². The Morgan fingerprint density at radius 2 is 1.88 bits per heavy atom. The minimum atomic E-state index is -0.741. The summed E-state index contributed by atoms with van der Waals surface area (Å²) in [4.78, 5) is 44.4. The maximum atomic E-state index is 12.8. The van der Waals surface area contributed by atoms with Gasteiger partial charge in [0.25, 0.3) is 0 Å². The molecule has 1 aromatic carbocycles. The normalized spacial score (nSPS) is 21.7. The number of nitrogens with one attached hydrogen (secondary N) is 1. The second-order valence-corrected chi connectivity index (χ2v) is 9.18. The van der Waals surface area contributed by atoms with Crippen molar-refractivity contribution in [3.8, 4) is 0 Å². The van der Waals surface area contributed by atoms with Crippen molar-refractivity contribution >= 4 is 29.1 Å². The molecule has 0 saturated carbocycles. The third-order valence-electron chi connectivity index (χ3n) is 6.37. The lowest BCUT2D eigenvalue weighted by Gasteiger charge is -2.23. The first kappa shape index (κ1) is 24.7. The third kappa shape index (κ3) is 6.33. The highest BCUT2D eigenvalue weighted by atomic mass is 16.7. The monoisotopic (exact) mass is 456 g/mol. The Balaban J connectivity index is 1.64. The number of primary amides is 1. The zero-order valence-electron chi connectivity index (χ0n) is 19.8. The van der Waals surface area contributed by atoms with Gasteiger partial charge in [0.15, 0.2) is 5.60 Å². The van der Waals surface area contributed by atoms with Crippen LogP contribution in [0.2, 0.25) is 0 Å². The van der Waals surface area contributed by atoms with E-state index in [1.54, 1.807) is 4.90 Å². The SMILES string of the molecule is CCCCCC(=O)Nc1cccc(C2=NOC3(C2)C[C@H](C(N)=O)N(C(=O)CCCCC)C3)c1. The molecular formula is C25H36N4O4. The van der Waals surface area contributed by atoms with Gasteiger partial charge in [0, 0.05) is 36.9 Å². The fraction of sp³-hybridized carbons (Fsp3) is 0.600. The molecule has 2 atom stereocenters. The van der Waals surface area contributed by atoms with E-state index in [-0.39, 0.29) is 11.8 Å². The van der Waals surface area contributed by atoms with Gasteiger partial charge < -0.3 is 20.8 Å². The van der Waals surface area contributed by atoms with E-state index in [2.05, 4.69) is 24.3 Å². The Kier molecular flexibility index (Phi) is 8.47. The van der Waals surface area contributed by atoms with Gasteiger partial charge in [-0.2, -0.15) is 0 Å². The fourth-order valence-electron chi connectivity index (χ4n) is 4.54. The lowest BCUT2D eigenvalue weighted by atomic mass is 9.91. The Morgan fingerprint density at radius 1 is 1.15 bits per heavy atom. The molecule has 3 amide bonds. The van der Waals surface area contributed by atoms with Crippen molar-refractivity contribution in [2.45, 2.75) is 89.7 Å². The zero-order chi connectivity index (χ0) is 23.8. The Hall–Kier alpha value is -2.90. The number of nitrogens with zero attached hydrogens (tertiary/aromatic N) is 2. The number of rotatable bonds is 11. The van der Waals surface area contributed by atoms with Crippen LogP contribution in [0.5, 0.6) is 0 Å². The van der Waals surface area contributed by atoms with Crippen molar-refractivity contribution in [2.75, 3.05) is 11.9 Å². The molecule has 2 aliphatic rings. The van der Waals surface area contributed by atoms with Gasteiger partial charge >= 0.3 is 0 Å². The van der Waals surface area contributed by atoms with E-state index in [0.29, 0.717) is 37.9 Å². The predicted octanol–water partition coefficient (Wildman–Crippen LogP) is 3.74. The van der Waals surface area contributed by atoms with E-state index in [4.69, 9.17) is 10.6 Å². The van der Waals surface area contributed by atoms with Crippen LogP contribution in [-0.2, 0) is 19.2 Å². The van der Waals surface area contributed by atoms with Crippen LogP contribution in [0.1, 0.15) is 83.6 Å². The molecule has 2 heterocycles. The zero-order valence-corrected chi connectivity index (χ0v) is 19.8. The quantitative estimate of drug-likeness (QED) is 0.494. The average Bonchev–Trinajstić information content (AvgIpc) is 3.38. The summed E-state index contributed by atoms with van der Waals surface area (Å²) in [5.41, 5.74) is 7.18. The molecule has 1 aromatic rings. The lowest BCUT2D eigenvalue weighted by molar-refractivity contribution is -0.137. The summed E-state index contributed by atoms with van der Waals surface area (Å²) in [5, 5.41) is 7.24. The Morgan fingerprint density at radius 3 is 2.58 bits per heavy atom. The molecule has 3 N–H and O–H groups in total. The minimum absolute atomic E-state index is 0.000925. The summed E-state index contributed by atoms with van der Waals surface area (Å²) >= 11 is 0. The molecule has 0 radical (unpaired) electrons. The summed E-state index contributed by atoms with van der Waals surface area (Å²) in [6.45, 7) is 4.49. The molecule has 1 saturated heterocycles. The summed E-state index contributed by atoms with van der Waals surface area (Å²) in [5.74, 6) is -0.575. The van der Waals surface area contributed by atoms with Crippen molar-refractivity contribution in [1.82, 2.24) is 4.90 Å². The highest BCUT2D eigenvalue weighted by Crippen LogP contribution is 2.39. The molecule has 1 spiro atoms. The topological polar surface area (TPSA) is 114 Å².